The molecular weight excluding hydrogens is 330 g/mol. The van der Waals surface area contributed by atoms with Crippen molar-refractivity contribution >= 4 is 28.4 Å². The summed E-state index contributed by atoms with van der Waals surface area (Å²) >= 11 is 0. The molecule has 0 aliphatic rings. The van der Waals surface area contributed by atoms with E-state index in [1.165, 1.54) is 0 Å². The molecule has 0 radical (unpaired) electrons. The molecule has 0 aliphatic carbocycles. The summed E-state index contributed by atoms with van der Waals surface area (Å²) in [6.45, 7) is 3.76. The first-order chi connectivity index (χ1) is 12.5. The van der Waals surface area contributed by atoms with Gasteiger partial charge in [-0.3, -0.25) is 9.59 Å². The average Bonchev–Trinajstić information content (AvgIpc) is 3.06. The fraction of sp³-hybridized carbons (Fsp3) is 0.200. The molecule has 0 atom stereocenters. The Morgan fingerprint density at radius 1 is 1.08 bits per heavy atom. The normalized spacial score (nSPS) is 10.6. The number of para-hydroxylation sites is 1. The van der Waals surface area contributed by atoms with Gasteiger partial charge in [-0.15, -0.1) is 0 Å². The molecule has 0 saturated carbocycles. The van der Waals surface area contributed by atoms with Crippen molar-refractivity contribution in [2.24, 2.45) is 0 Å². The standard InChI is InChI=1S/C20H21N3O3/c1-12-5-4-6-13(2)19(12)23-18(24)11-21-20(25)17-9-14-7-8-15(26-3)10-16(14)22-17/h4-10,22H,11H2,1-3H3,(H,21,25)(H,23,24). The molecule has 2 amide bonds. The number of H-pyrrole nitrogens is 1. The number of fused-ring (bicyclic) bond motifs is 1. The van der Waals surface area contributed by atoms with E-state index in [4.69, 9.17) is 4.74 Å². The van der Waals surface area contributed by atoms with E-state index in [2.05, 4.69) is 15.6 Å². The van der Waals surface area contributed by atoms with E-state index in [1.54, 1.807) is 13.2 Å². The van der Waals surface area contributed by atoms with Gasteiger partial charge in [0.2, 0.25) is 5.91 Å². The van der Waals surface area contributed by atoms with Gasteiger partial charge in [-0.05, 0) is 43.2 Å². The van der Waals surface area contributed by atoms with E-state index in [0.29, 0.717) is 11.4 Å². The molecular formula is C20H21N3O3. The van der Waals surface area contributed by atoms with E-state index in [-0.39, 0.29) is 18.4 Å². The summed E-state index contributed by atoms with van der Waals surface area (Å²) in [7, 11) is 1.59. The topological polar surface area (TPSA) is 83.2 Å². The van der Waals surface area contributed by atoms with Crippen LogP contribution >= 0.6 is 0 Å². The van der Waals surface area contributed by atoms with Crippen molar-refractivity contribution in [1.82, 2.24) is 10.3 Å². The minimum atomic E-state index is -0.336. The van der Waals surface area contributed by atoms with E-state index in [1.807, 2.05) is 50.2 Å². The Morgan fingerprint density at radius 3 is 2.50 bits per heavy atom. The fourth-order valence-corrected chi connectivity index (χ4v) is 2.81. The number of aryl methyl sites for hydroxylation is 2. The van der Waals surface area contributed by atoms with Crippen LogP contribution in [0.4, 0.5) is 5.69 Å². The van der Waals surface area contributed by atoms with Gasteiger partial charge in [-0.25, -0.2) is 0 Å². The zero-order valence-electron chi connectivity index (χ0n) is 15.0. The SMILES string of the molecule is COc1ccc2cc(C(=O)NCC(=O)Nc3c(C)cccc3C)[nH]c2c1. The van der Waals surface area contributed by atoms with Crippen molar-refractivity contribution in [2.45, 2.75) is 13.8 Å². The Hall–Kier alpha value is -3.28. The second kappa shape index (κ2) is 7.31. The maximum Gasteiger partial charge on any atom is 0.268 e. The number of anilines is 1. The number of aromatic nitrogens is 1. The Morgan fingerprint density at radius 2 is 1.81 bits per heavy atom. The molecule has 1 aromatic heterocycles. The van der Waals surface area contributed by atoms with Crippen molar-refractivity contribution in [3.8, 4) is 5.75 Å². The molecule has 3 aromatic rings. The zero-order valence-corrected chi connectivity index (χ0v) is 15.0. The lowest BCUT2D eigenvalue weighted by Gasteiger charge is -2.11. The Labute approximate surface area is 151 Å². The number of carbonyl (C=O) groups excluding carboxylic acids is 2. The molecule has 0 unspecified atom stereocenters. The van der Waals surface area contributed by atoms with Crippen LogP contribution < -0.4 is 15.4 Å². The average molecular weight is 351 g/mol. The summed E-state index contributed by atoms with van der Waals surface area (Å²) in [5.41, 5.74) is 3.94. The van der Waals surface area contributed by atoms with E-state index in [9.17, 15) is 9.59 Å². The van der Waals surface area contributed by atoms with Crippen LogP contribution in [-0.4, -0.2) is 30.5 Å². The highest BCUT2D eigenvalue weighted by Gasteiger charge is 2.12. The van der Waals surface area contributed by atoms with Crippen molar-refractivity contribution in [3.05, 3.63) is 59.3 Å². The van der Waals surface area contributed by atoms with Crippen LogP contribution in [0.3, 0.4) is 0 Å². The summed E-state index contributed by atoms with van der Waals surface area (Å²) in [6, 6.07) is 13.1. The number of carbonyl (C=O) groups is 2. The number of methoxy groups -OCH3 is 1. The molecule has 0 bridgehead atoms. The van der Waals surface area contributed by atoms with E-state index >= 15 is 0 Å². The van der Waals surface area contributed by atoms with E-state index < -0.39 is 0 Å². The predicted molar refractivity (Wildman–Crippen MR) is 102 cm³/mol. The number of rotatable bonds is 5. The summed E-state index contributed by atoms with van der Waals surface area (Å²) in [5.74, 6) is 0.102. The molecule has 0 fully saturated rings. The monoisotopic (exact) mass is 351 g/mol. The lowest BCUT2D eigenvalue weighted by atomic mass is 10.1. The number of hydrogen-bond acceptors (Lipinski definition) is 3. The van der Waals surface area contributed by atoms with Crippen LogP contribution in [0.15, 0.2) is 42.5 Å². The van der Waals surface area contributed by atoms with Crippen LogP contribution in [0, 0.1) is 13.8 Å². The number of hydrogen-bond donors (Lipinski definition) is 3. The van der Waals surface area contributed by atoms with Crippen molar-refractivity contribution in [2.75, 3.05) is 19.0 Å². The number of nitrogens with one attached hydrogen (secondary N) is 3. The van der Waals surface area contributed by atoms with Gasteiger partial charge in [-0.2, -0.15) is 0 Å². The lowest BCUT2D eigenvalue weighted by Crippen LogP contribution is -2.33. The third-order valence-corrected chi connectivity index (χ3v) is 4.23. The van der Waals surface area contributed by atoms with Gasteiger partial charge < -0.3 is 20.4 Å². The Balaban J connectivity index is 1.64. The molecule has 3 N–H and O–H groups in total. The molecule has 0 aliphatic heterocycles. The first-order valence-corrected chi connectivity index (χ1v) is 8.29. The minimum absolute atomic E-state index is 0.106. The molecule has 26 heavy (non-hydrogen) atoms. The first-order valence-electron chi connectivity index (χ1n) is 8.29. The van der Waals surface area contributed by atoms with E-state index in [0.717, 1.165) is 27.7 Å². The summed E-state index contributed by atoms with van der Waals surface area (Å²) in [4.78, 5) is 27.5. The number of aromatic amines is 1. The van der Waals surface area contributed by atoms with Gasteiger partial charge in [-0.1, -0.05) is 18.2 Å². The zero-order chi connectivity index (χ0) is 18.7. The van der Waals surface area contributed by atoms with Gasteiger partial charge in [0.1, 0.15) is 11.4 Å². The molecule has 2 aromatic carbocycles. The Kier molecular flexibility index (Phi) is 4.93. The maximum atomic E-state index is 12.3. The van der Waals surface area contributed by atoms with Gasteiger partial charge in [0.25, 0.3) is 5.91 Å². The van der Waals surface area contributed by atoms with Gasteiger partial charge >= 0.3 is 0 Å². The number of benzene rings is 2. The van der Waals surface area contributed by atoms with Crippen molar-refractivity contribution in [3.63, 3.8) is 0 Å². The van der Waals surface area contributed by atoms with Gasteiger partial charge in [0.15, 0.2) is 0 Å². The maximum absolute atomic E-state index is 12.3. The fourth-order valence-electron chi connectivity index (χ4n) is 2.81. The largest absolute Gasteiger partial charge is 0.497 e. The highest BCUT2D eigenvalue weighted by atomic mass is 16.5. The second-order valence-corrected chi connectivity index (χ2v) is 6.13. The third-order valence-electron chi connectivity index (χ3n) is 4.23. The van der Waals surface area contributed by atoms with Gasteiger partial charge in [0, 0.05) is 22.7 Å². The summed E-state index contributed by atoms with van der Waals surface area (Å²) in [6.07, 6.45) is 0. The van der Waals surface area contributed by atoms with Crippen LogP contribution in [0.25, 0.3) is 10.9 Å². The quantitative estimate of drug-likeness (QED) is 0.660. The minimum Gasteiger partial charge on any atom is -0.497 e. The second-order valence-electron chi connectivity index (χ2n) is 6.13. The summed E-state index contributed by atoms with van der Waals surface area (Å²) < 4.78 is 5.17. The van der Waals surface area contributed by atoms with Crippen LogP contribution in [0.5, 0.6) is 5.75 Å². The van der Waals surface area contributed by atoms with Gasteiger partial charge in [0.05, 0.1) is 13.7 Å². The molecule has 6 heteroatoms. The highest BCUT2D eigenvalue weighted by Crippen LogP contribution is 2.21. The van der Waals surface area contributed by atoms with Crippen LogP contribution in [0.2, 0.25) is 0 Å². The van der Waals surface area contributed by atoms with Crippen molar-refractivity contribution in [1.29, 1.82) is 0 Å². The molecule has 0 saturated heterocycles. The Bertz CT molecular complexity index is 955. The molecule has 3 rings (SSSR count). The van der Waals surface area contributed by atoms with Crippen LogP contribution in [-0.2, 0) is 4.79 Å². The lowest BCUT2D eigenvalue weighted by molar-refractivity contribution is -0.115. The molecule has 1 heterocycles. The molecule has 134 valence electrons. The number of ether oxygens (including phenoxy) is 1. The highest BCUT2D eigenvalue weighted by molar-refractivity contribution is 6.01. The first kappa shape index (κ1) is 17.5. The summed E-state index contributed by atoms with van der Waals surface area (Å²) in [5, 5.41) is 6.38. The number of amides is 2. The van der Waals surface area contributed by atoms with Crippen molar-refractivity contribution < 1.29 is 14.3 Å². The predicted octanol–water partition coefficient (Wildman–Crippen LogP) is 3.16. The molecule has 6 nitrogen and oxygen atoms in total. The third kappa shape index (κ3) is 3.69. The smallest absolute Gasteiger partial charge is 0.268 e. The van der Waals surface area contributed by atoms with Crippen LogP contribution in [0.1, 0.15) is 21.6 Å². The molecule has 0 spiro atoms.